The van der Waals surface area contributed by atoms with E-state index in [0.29, 0.717) is 6.54 Å². The van der Waals surface area contributed by atoms with Gasteiger partial charge in [0.05, 0.1) is 6.04 Å². The average molecular weight is 276 g/mol. The lowest BCUT2D eigenvalue weighted by molar-refractivity contribution is -0.122. The molecule has 1 heterocycles. The van der Waals surface area contributed by atoms with Crippen LogP contribution >= 0.6 is 11.8 Å². The maximum atomic E-state index is 11.9. The van der Waals surface area contributed by atoms with Crippen molar-refractivity contribution in [3.05, 3.63) is 34.9 Å². The van der Waals surface area contributed by atoms with Crippen molar-refractivity contribution in [1.29, 1.82) is 0 Å². The number of nitrogens with one attached hydrogen (secondary N) is 2. The van der Waals surface area contributed by atoms with Gasteiger partial charge < -0.3 is 5.32 Å². The summed E-state index contributed by atoms with van der Waals surface area (Å²) < 4.78 is 0. The van der Waals surface area contributed by atoms with E-state index in [2.05, 4.69) is 28.8 Å². The van der Waals surface area contributed by atoms with Gasteiger partial charge in [-0.15, -0.1) is 11.8 Å². The summed E-state index contributed by atoms with van der Waals surface area (Å²) in [6, 6.07) is 6.65. The Morgan fingerprint density at radius 1 is 1.32 bits per heavy atom. The number of thioether (sulfide) groups is 1. The highest BCUT2D eigenvalue weighted by Crippen LogP contribution is 2.22. The second-order valence-electron chi connectivity index (χ2n) is 5.30. The van der Waals surface area contributed by atoms with Crippen molar-refractivity contribution in [2.24, 2.45) is 0 Å². The molecule has 102 valence electrons. The van der Waals surface area contributed by atoms with Gasteiger partial charge in [0.1, 0.15) is 0 Å². The smallest absolute Gasteiger partial charge is 0.238 e. The number of fused-ring (bicyclic) bond motifs is 1. The van der Waals surface area contributed by atoms with E-state index in [4.69, 9.17) is 0 Å². The van der Waals surface area contributed by atoms with Crippen LogP contribution in [0.2, 0.25) is 0 Å². The summed E-state index contributed by atoms with van der Waals surface area (Å²) in [5.41, 5.74) is 4.20. The maximum absolute atomic E-state index is 11.9. The lowest BCUT2D eigenvalue weighted by atomic mass is 9.90. The van der Waals surface area contributed by atoms with Gasteiger partial charge in [-0.3, -0.25) is 10.1 Å². The minimum absolute atomic E-state index is 0.0115. The third-order valence-electron chi connectivity index (χ3n) is 3.91. The summed E-state index contributed by atoms with van der Waals surface area (Å²) >= 11 is 1.78. The summed E-state index contributed by atoms with van der Waals surface area (Å²) in [6.45, 7) is 0.648. The van der Waals surface area contributed by atoms with E-state index in [9.17, 15) is 4.79 Å². The topological polar surface area (TPSA) is 41.1 Å². The van der Waals surface area contributed by atoms with Gasteiger partial charge >= 0.3 is 0 Å². The van der Waals surface area contributed by atoms with E-state index in [1.165, 1.54) is 42.4 Å². The van der Waals surface area contributed by atoms with Gasteiger partial charge in [0.25, 0.3) is 0 Å². The zero-order valence-electron chi connectivity index (χ0n) is 11.1. The van der Waals surface area contributed by atoms with Crippen molar-refractivity contribution in [2.75, 3.05) is 11.6 Å². The van der Waals surface area contributed by atoms with Crippen LogP contribution in [-0.4, -0.2) is 23.6 Å². The molecule has 1 fully saturated rings. The van der Waals surface area contributed by atoms with Gasteiger partial charge in [0.2, 0.25) is 5.91 Å². The molecule has 0 spiro atoms. The molecule has 1 unspecified atom stereocenters. The number of carbonyl (C=O) groups is 1. The van der Waals surface area contributed by atoms with Gasteiger partial charge in [-0.1, -0.05) is 18.2 Å². The van der Waals surface area contributed by atoms with Crippen LogP contribution in [0.15, 0.2) is 18.2 Å². The molecule has 4 heteroatoms. The predicted molar refractivity (Wildman–Crippen MR) is 79.2 cm³/mol. The molecule has 0 aromatic heterocycles. The zero-order chi connectivity index (χ0) is 13.1. The number of carbonyl (C=O) groups excluding carboxylic acids is 1. The van der Waals surface area contributed by atoms with Gasteiger partial charge in [-0.25, -0.2) is 0 Å². The van der Waals surface area contributed by atoms with Crippen LogP contribution in [-0.2, 0) is 24.2 Å². The zero-order valence-corrected chi connectivity index (χ0v) is 11.9. The van der Waals surface area contributed by atoms with Crippen LogP contribution in [0.3, 0.4) is 0 Å². The monoisotopic (exact) mass is 276 g/mol. The largest absolute Gasteiger partial charge is 0.351 e. The Kier molecular flexibility index (Phi) is 4.09. The third-order valence-corrected chi connectivity index (χ3v) is 4.85. The molecule has 1 aliphatic heterocycles. The standard InChI is InChI=1S/C15H20N2OS/c18-15(14-9-19-10-17-14)16-8-11-5-6-12-3-1-2-4-13(12)7-11/h5-7,14,17H,1-4,8-10H2,(H,16,18). The first-order valence-corrected chi connectivity index (χ1v) is 8.18. The van der Waals surface area contributed by atoms with Crippen LogP contribution < -0.4 is 10.6 Å². The first kappa shape index (κ1) is 13.0. The second kappa shape index (κ2) is 5.97. The number of hydrogen-bond acceptors (Lipinski definition) is 3. The molecule has 1 amide bonds. The first-order chi connectivity index (χ1) is 9.33. The van der Waals surface area contributed by atoms with Crippen LogP contribution in [0.5, 0.6) is 0 Å². The number of aryl methyl sites for hydroxylation is 2. The van der Waals surface area contributed by atoms with E-state index in [1.54, 1.807) is 11.8 Å². The minimum Gasteiger partial charge on any atom is -0.351 e. The number of hydrogen-bond donors (Lipinski definition) is 2. The third kappa shape index (κ3) is 3.12. The summed E-state index contributed by atoms with van der Waals surface area (Å²) in [5, 5.41) is 6.23. The van der Waals surface area contributed by atoms with Crippen LogP contribution in [0, 0.1) is 0 Å². The Morgan fingerprint density at radius 3 is 2.95 bits per heavy atom. The Labute approximate surface area is 118 Å². The van der Waals surface area contributed by atoms with Crippen LogP contribution in [0.25, 0.3) is 0 Å². The normalized spacial score (nSPS) is 22.0. The van der Waals surface area contributed by atoms with Gasteiger partial charge in [-0.2, -0.15) is 0 Å². The molecular weight excluding hydrogens is 256 g/mol. The fraction of sp³-hybridized carbons (Fsp3) is 0.533. The van der Waals surface area contributed by atoms with Crippen LogP contribution in [0.1, 0.15) is 29.5 Å². The van der Waals surface area contributed by atoms with Crippen molar-refractivity contribution < 1.29 is 4.79 Å². The summed E-state index contributed by atoms with van der Waals surface area (Å²) in [6.07, 6.45) is 5.02. The highest BCUT2D eigenvalue weighted by Gasteiger charge is 2.21. The van der Waals surface area contributed by atoms with E-state index in [-0.39, 0.29) is 11.9 Å². The molecule has 2 aliphatic rings. The SMILES string of the molecule is O=C(NCc1ccc2c(c1)CCCC2)C1CSCN1. The Balaban J connectivity index is 1.59. The molecule has 2 N–H and O–H groups in total. The number of benzene rings is 1. The molecule has 1 aromatic rings. The molecule has 3 rings (SSSR count). The minimum atomic E-state index is -0.0115. The van der Waals surface area contributed by atoms with E-state index in [0.717, 1.165) is 11.6 Å². The first-order valence-electron chi connectivity index (χ1n) is 7.02. The highest BCUT2D eigenvalue weighted by atomic mass is 32.2. The lowest BCUT2D eigenvalue weighted by Crippen LogP contribution is -2.41. The molecule has 3 nitrogen and oxygen atoms in total. The molecule has 0 bridgehead atoms. The molecule has 1 aromatic carbocycles. The van der Waals surface area contributed by atoms with Crippen molar-refractivity contribution >= 4 is 17.7 Å². The Hall–Kier alpha value is -1.00. The van der Waals surface area contributed by atoms with E-state index >= 15 is 0 Å². The predicted octanol–water partition coefficient (Wildman–Crippen LogP) is 1.84. The fourth-order valence-corrected chi connectivity index (χ4v) is 3.71. The van der Waals surface area contributed by atoms with Crippen molar-refractivity contribution in [3.63, 3.8) is 0 Å². The molecule has 1 saturated heterocycles. The van der Waals surface area contributed by atoms with E-state index < -0.39 is 0 Å². The van der Waals surface area contributed by atoms with Crippen molar-refractivity contribution in [1.82, 2.24) is 10.6 Å². The van der Waals surface area contributed by atoms with E-state index in [1.807, 2.05) is 0 Å². The van der Waals surface area contributed by atoms with Crippen LogP contribution in [0.4, 0.5) is 0 Å². The molecule has 0 radical (unpaired) electrons. The molecular formula is C15H20N2OS. The summed E-state index contributed by atoms with van der Waals surface area (Å²) in [4.78, 5) is 11.9. The number of rotatable bonds is 3. The van der Waals surface area contributed by atoms with Crippen molar-refractivity contribution in [2.45, 2.75) is 38.3 Å². The van der Waals surface area contributed by atoms with Gasteiger partial charge in [0.15, 0.2) is 0 Å². The maximum Gasteiger partial charge on any atom is 0.238 e. The highest BCUT2D eigenvalue weighted by molar-refractivity contribution is 7.99. The summed E-state index contributed by atoms with van der Waals surface area (Å²) in [7, 11) is 0. The Morgan fingerprint density at radius 2 is 2.16 bits per heavy atom. The quantitative estimate of drug-likeness (QED) is 0.885. The number of amides is 1. The fourth-order valence-electron chi connectivity index (χ4n) is 2.77. The van der Waals surface area contributed by atoms with Gasteiger partial charge in [0, 0.05) is 18.2 Å². The Bertz CT molecular complexity index is 469. The van der Waals surface area contributed by atoms with Crippen molar-refractivity contribution in [3.8, 4) is 0 Å². The average Bonchev–Trinajstić information content (AvgIpc) is 2.99. The molecule has 1 atom stereocenters. The molecule has 19 heavy (non-hydrogen) atoms. The summed E-state index contributed by atoms with van der Waals surface area (Å²) in [5.74, 6) is 1.90. The van der Waals surface area contributed by atoms with Gasteiger partial charge in [-0.05, 0) is 42.4 Å². The molecule has 1 aliphatic carbocycles. The molecule has 0 saturated carbocycles. The second-order valence-corrected chi connectivity index (χ2v) is 6.33. The lowest BCUT2D eigenvalue weighted by Gasteiger charge is -2.17.